The lowest BCUT2D eigenvalue weighted by atomic mass is 10.0. The van der Waals surface area contributed by atoms with Crippen LogP contribution in [0.4, 0.5) is 0 Å². The smallest absolute Gasteiger partial charge is 0.0323 e. The van der Waals surface area contributed by atoms with Gasteiger partial charge >= 0.3 is 0 Å². The minimum atomic E-state index is 0. The zero-order chi connectivity index (χ0) is 11.3. The summed E-state index contributed by atoms with van der Waals surface area (Å²) >= 11 is 0. The highest BCUT2D eigenvalue weighted by Gasteiger charge is 1.99. The lowest BCUT2D eigenvalue weighted by molar-refractivity contribution is 1.50. The minimum Gasteiger partial charge on any atom is -0.115 e. The Balaban J connectivity index is 0.000000711. The van der Waals surface area contributed by atoms with Gasteiger partial charge in [0, 0.05) is 10.9 Å². The second-order valence-electron chi connectivity index (χ2n) is 3.12. The van der Waals surface area contributed by atoms with E-state index in [0.717, 1.165) is 5.56 Å². The molecule has 2 aromatic rings. The lowest BCUT2D eigenvalue weighted by Crippen LogP contribution is -1.82. The Labute approximate surface area is 99.3 Å². The quantitative estimate of drug-likeness (QED) is 0.551. The average Bonchev–Trinajstić information content (AvgIpc) is 2.31. The maximum Gasteiger partial charge on any atom is 0.0323 e. The summed E-state index contributed by atoms with van der Waals surface area (Å²) in [6.45, 7) is 6.09. The Morgan fingerprint density at radius 2 is 1.56 bits per heavy atom. The summed E-state index contributed by atoms with van der Waals surface area (Å²) in [4.78, 5) is 0. The summed E-state index contributed by atoms with van der Waals surface area (Å²) in [6.07, 6.45) is 5.43. The topological polar surface area (TPSA) is 0 Å². The van der Waals surface area contributed by atoms with E-state index in [1.54, 1.807) is 0 Å². The van der Waals surface area contributed by atoms with E-state index < -0.39 is 0 Å². The third kappa shape index (κ3) is 2.64. The van der Waals surface area contributed by atoms with Gasteiger partial charge in [-0.15, -0.1) is 6.42 Å². The number of aryl methyl sites for hydroxylation is 1. The molecule has 0 heterocycles. The molecular weight excluding hydrogens is 192 g/mol. The first-order valence-corrected chi connectivity index (χ1v) is 5.28. The molecule has 0 aliphatic rings. The molecule has 0 aliphatic carbocycles. The Kier molecular flexibility index (Phi) is 5.96. The first-order valence-electron chi connectivity index (χ1n) is 5.28. The molecule has 0 saturated carbocycles. The van der Waals surface area contributed by atoms with Crippen LogP contribution in [0.3, 0.4) is 0 Å². The summed E-state index contributed by atoms with van der Waals surface area (Å²) in [5.74, 6) is 2.71. The highest BCUT2D eigenvalue weighted by atomic mass is 14.0. The maximum absolute atomic E-state index is 5.43. The summed E-state index contributed by atoms with van der Waals surface area (Å²) in [5, 5.41) is 2.42. The van der Waals surface area contributed by atoms with Crippen LogP contribution in [0, 0.1) is 19.3 Å². The average molecular weight is 212 g/mol. The van der Waals surface area contributed by atoms with Crippen LogP contribution in [0.1, 0.15) is 32.4 Å². The van der Waals surface area contributed by atoms with Gasteiger partial charge in [0.2, 0.25) is 0 Å². The van der Waals surface area contributed by atoms with E-state index in [2.05, 4.69) is 37.1 Å². The number of fused-ring (bicyclic) bond motifs is 1. The predicted octanol–water partition coefficient (Wildman–Crippen LogP) is 4.79. The van der Waals surface area contributed by atoms with Crippen molar-refractivity contribution in [1.29, 1.82) is 0 Å². The number of hydrogen-bond acceptors (Lipinski definition) is 0. The Hall–Kier alpha value is -1.74. The SMILES string of the molecule is C.C#Cc1cccc2cccc(C)c12.CC. The molecule has 2 rings (SSSR count). The van der Waals surface area contributed by atoms with E-state index in [-0.39, 0.29) is 7.43 Å². The molecule has 0 nitrogen and oxygen atoms in total. The van der Waals surface area contributed by atoms with Gasteiger partial charge in [-0.1, -0.05) is 57.5 Å². The van der Waals surface area contributed by atoms with E-state index >= 15 is 0 Å². The Morgan fingerprint density at radius 3 is 2.12 bits per heavy atom. The van der Waals surface area contributed by atoms with E-state index in [4.69, 9.17) is 6.42 Å². The molecule has 0 aromatic heterocycles. The summed E-state index contributed by atoms with van der Waals surface area (Å²) in [6, 6.07) is 12.3. The van der Waals surface area contributed by atoms with Crippen molar-refractivity contribution in [2.24, 2.45) is 0 Å². The van der Waals surface area contributed by atoms with Crippen LogP contribution in [0.5, 0.6) is 0 Å². The van der Waals surface area contributed by atoms with Crippen molar-refractivity contribution in [3.8, 4) is 12.3 Å². The maximum atomic E-state index is 5.43. The normalized spacial score (nSPS) is 8.38. The number of terminal acetylenes is 1. The van der Waals surface area contributed by atoms with Crippen molar-refractivity contribution in [3.63, 3.8) is 0 Å². The van der Waals surface area contributed by atoms with Crippen LogP contribution in [-0.4, -0.2) is 0 Å². The highest BCUT2D eigenvalue weighted by molar-refractivity contribution is 5.90. The van der Waals surface area contributed by atoms with Gasteiger partial charge in [0.15, 0.2) is 0 Å². The van der Waals surface area contributed by atoms with E-state index in [1.807, 2.05) is 26.0 Å². The summed E-state index contributed by atoms with van der Waals surface area (Å²) in [5.41, 5.74) is 2.22. The van der Waals surface area contributed by atoms with Gasteiger partial charge < -0.3 is 0 Å². The summed E-state index contributed by atoms with van der Waals surface area (Å²) in [7, 11) is 0. The molecule has 0 spiro atoms. The Bertz CT molecular complexity index is 482. The van der Waals surface area contributed by atoms with Gasteiger partial charge in [0.1, 0.15) is 0 Å². The molecule has 0 amide bonds. The van der Waals surface area contributed by atoms with Crippen molar-refractivity contribution in [1.82, 2.24) is 0 Å². The van der Waals surface area contributed by atoms with Crippen molar-refractivity contribution in [3.05, 3.63) is 47.5 Å². The van der Waals surface area contributed by atoms with Gasteiger partial charge in [0.25, 0.3) is 0 Å². The van der Waals surface area contributed by atoms with Crippen LogP contribution < -0.4 is 0 Å². The fourth-order valence-electron chi connectivity index (χ4n) is 1.65. The molecule has 0 atom stereocenters. The van der Waals surface area contributed by atoms with Crippen molar-refractivity contribution in [2.45, 2.75) is 28.2 Å². The zero-order valence-corrected chi connectivity index (χ0v) is 9.54. The second-order valence-corrected chi connectivity index (χ2v) is 3.12. The minimum absolute atomic E-state index is 0. The first-order chi connectivity index (χ1) is 7.33. The molecule has 0 saturated heterocycles. The molecule has 84 valence electrons. The highest BCUT2D eigenvalue weighted by Crippen LogP contribution is 2.21. The van der Waals surface area contributed by atoms with E-state index in [0.29, 0.717) is 0 Å². The zero-order valence-electron chi connectivity index (χ0n) is 9.54. The van der Waals surface area contributed by atoms with Crippen molar-refractivity contribution in [2.75, 3.05) is 0 Å². The predicted molar refractivity (Wildman–Crippen MR) is 74.7 cm³/mol. The largest absolute Gasteiger partial charge is 0.115 e. The van der Waals surface area contributed by atoms with Gasteiger partial charge in [-0.3, -0.25) is 0 Å². The van der Waals surface area contributed by atoms with Crippen molar-refractivity contribution < 1.29 is 0 Å². The number of hydrogen-bond donors (Lipinski definition) is 0. The van der Waals surface area contributed by atoms with Gasteiger partial charge in [-0.25, -0.2) is 0 Å². The molecule has 0 aliphatic heterocycles. The van der Waals surface area contributed by atoms with Crippen LogP contribution in [0.25, 0.3) is 10.8 Å². The van der Waals surface area contributed by atoms with Crippen LogP contribution >= 0.6 is 0 Å². The van der Waals surface area contributed by atoms with Crippen molar-refractivity contribution >= 4 is 10.8 Å². The molecule has 0 N–H and O–H groups in total. The molecule has 0 heteroatoms. The molecular formula is C16H20. The van der Waals surface area contributed by atoms with Gasteiger partial charge in [0.05, 0.1) is 0 Å². The number of benzene rings is 2. The third-order valence-corrected chi connectivity index (χ3v) is 2.27. The van der Waals surface area contributed by atoms with Gasteiger partial charge in [-0.05, 0) is 23.9 Å². The molecule has 0 unspecified atom stereocenters. The lowest BCUT2D eigenvalue weighted by Gasteiger charge is -2.03. The van der Waals surface area contributed by atoms with Crippen LogP contribution in [0.2, 0.25) is 0 Å². The monoisotopic (exact) mass is 212 g/mol. The standard InChI is InChI=1S/C13H10.C2H6.CH4/c1-3-11-7-5-9-12-8-4-6-10(2)13(11)12;1-2;/h1,4-9H,2H3;1-2H3;1H4. The number of rotatable bonds is 0. The molecule has 0 fully saturated rings. The molecule has 16 heavy (non-hydrogen) atoms. The molecule has 0 radical (unpaired) electrons. The van der Waals surface area contributed by atoms with Gasteiger partial charge in [-0.2, -0.15) is 0 Å². The molecule has 2 aromatic carbocycles. The van der Waals surface area contributed by atoms with Crippen LogP contribution in [0.15, 0.2) is 36.4 Å². The fourth-order valence-corrected chi connectivity index (χ4v) is 1.65. The fraction of sp³-hybridized carbons (Fsp3) is 0.250. The summed E-state index contributed by atoms with van der Waals surface area (Å²) < 4.78 is 0. The first kappa shape index (κ1) is 14.3. The second kappa shape index (κ2) is 6.69. The van der Waals surface area contributed by atoms with E-state index in [9.17, 15) is 0 Å². The molecule has 0 bridgehead atoms. The van der Waals surface area contributed by atoms with E-state index in [1.165, 1.54) is 16.3 Å². The Morgan fingerprint density at radius 1 is 1.00 bits per heavy atom. The third-order valence-electron chi connectivity index (χ3n) is 2.27. The van der Waals surface area contributed by atoms with Crippen LogP contribution in [-0.2, 0) is 0 Å².